The molecule has 2 N–H and O–H groups in total. The first-order chi connectivity index (χ1) is 8.66. The molecule has 2 nitrogen and oxygen atoms in total. The quantitative estimate of drug-likeness (QED) is 0.715. The summed E-state index contributed by atoms with van der Waals surface area (Å²) in [6.07, 6.45) is 0. The Morgan fingerprint density at radius 1 is 1.33 bits per heavy atom. The molecule has 3 aromatic rings. The predicted molar refractivity (Wildman–Crippen MR) is 79.3 cm³/mol. The highest BCUT2D eigenvalue weighted by Gasteiger charge is 2.18. The predicted octanol–water partition coefficient (Wildman–Crippen LogP) is 4.96. The van der Waals surface area contributed by atoms with E-state index in [9.17, 15) is 0 Å². The third-order valence-corrected chi connectivity index (χ3v) is 5.00. The van der Waals surface area contributed by atoms with E-state index in [2.05, 4.69) is 15.9 Å². The van der Waals surface area contributed by atoms with E-state index in [-0.39, 0.29) is 6.04 Å². The van der Waals surface area contributed by atoms with Gasteiger partial charge in [-0.05, 0) is 39.5 Å². The van der Waals surface area contributed by atoms with Gasteiger partial charge in [0.1, 0.15) is 5.76 Å². The molecule has 0 bridgehead atoms. The van der Waals surface area contributed by atoms with Crippen molar-refractivity contribution in [2.75, 3.05) is 0 Å². The number of benzene rings is 1. The van der Waals surface area contributed by atoms with E-state index in [1.54, 1.807) is 11.3 Å². The Labute approximate surface area is 121 Å². The fourth-order valence-corrected chi connectivity index (χ4v) is 3.71. The molecule has 0 radical (unpaired) electrons. The Morgan fingerprint density at radius 3 is 2.83 bits per heavy atom. The summed E-state index contributed by atoms with van der Waals surface area (Å²) in [5.41, 5.74) is 6.91. The Bertz CT molecular complexity index is 706. The number of para-hydroxylation sites is 1. The Morgan fingerprint density at radius 2 is 2.17 bits per heavy atom. The molecule has 92 valence electrons. The lowest BCUT2D eigenvalue weighted by molar-refractivity contribution is 0.527. The molecule has 3 rings (SSSR count). The summed E-state index contributed by atoms with van der Waals surface area (Å²) in [7, 11) is 0. The number of hydrogen-bond acceptors (Lipinski definition) is 3. The molecule has 2 heterocycles. The molecule has 0 amide bonds. The molecule has 5 heteroatoms. The van der Waals surface area contributed by atoms with Crippen molar-refractivity contribution in [3.05, 3.63) is 55.8 Å². The Hall–Kier alpha value is -0.810. The van der Waals surface area contributed by atoms with Gasteiger partial charge in [-0.2, -0.15) is 0 Å². The standard InChI is InChI=1S/C13H9BrClNOS/c14-8-4-5-18-13(8)11(16)10-6-7-2-1-3-9(15)12(7)17-10/h1-6,11H,16H2. The van der Waals surface area contributed by atoms with Crippen molar-refractivity contribution >= 4 is 49.8 Å². The summed E-state index contributed by atoms with van der Waals surface area (Å²) < 4.78 is 6.77. The van der Waals surface area contributed by atoms with E-state index in [1.807, 2.05) is 35.7 Å². The lowest BCUT2D eigenvalue weighted by atomic mass is 10.2. The van der Waals surface area contributed by atoms with Gasteiger partial charge in [-0.3, -0.25) is 0 Å². The van der Waals surface area contributed by atoms with Gasteiger partial charge in [0.05, 0.1) is 11.1 Å². The van der Waals surface area contributed by atoms with Gasteiger partial charge in [-0.15, -0.1) is 11.3 Å². The van der Waals surface area contributed by atoms with Crippen LogP contribution in [0.3, 0.4) is 0 Å². The number of halogens is 2. The number of furan rings is 1. The fourth-order valence-electron chi connectivity index (χ4n) is 1.86. The number of thiophene rings is 1. The zero-order valence-corrected chi connectivity index (χ0v) is 12.3. The summed E-state index contributed by atoms with van der Waals surface area (Å²) in [4.78, 5) is 1.05. The highest BCUT2D eigenvalue weighted by atomic mass is 79.9. The third-order valence-electron chi connectivity index (χ3n) is 2.75. The van der Waals surface area contributed by atoms with Crippen LogP contribution in [0.1, 0.15) is 16.7 Å². The zero-order valence-electron chi connectivity index (χ0n) is 9.19. The van der Waals surface area contributed by atoms with Gasteiger partial charge in [0.15, 0.2) is 5.58 Å². The maximum atomic E-state index is 6.22. The number of nitrogens with two attached hydrogens (primary N) is 1. The van der Waals surface area contributed by atoms with Gasteiger partial charge in [0, 0.05) is 14.7 Å². The molecule has 0 saturated heterocycles. The molecule has 18 heavy (non-hydrogen) atoms. The summed E-state index contributed by atoms with van der Waals surface area (Å²) >= 11 is 11.2. The average molecular weight is 343 g/mol. The van der Waals surface area contributed by atoms with Crippen LogP contribution < -0.4 is 5.73 Å². The molecular weight excluding hydrogens is 334 g/mol. The molecule has 1 unspecified atom stereocenters. The van der Waals surface area contributed by atoms with Crippen LogP contribution in [-0.2, 0) is 0 Å². The second-order valence-corrected chi connectivity index (χ2v) is 6.13. The molecule has 0 aliphatic carbocycles. The van der Waals surface area contributed by atoms with Gasteiger partial charge >= 0.3 is 0 Å². The summed E-state index contributed by atoms with van der Waals surface area (Å²) in [5.74, 6) is 0.723. The first-order valence-electron chi connectivity index (χ1n) is 5.33. The highest BCUT2D eigenvalue weighted by Crippen LogP contribution is 2.35. The van der Waals surface area contributed by atoms with Crippen LogP contribution in [0.5, 0.6) is 0 Å². The average Bonchev–Trinajstić information content (AvgIpc) is 2.95. The monoisotopic (exact) mass is 341 g/mol. The van der Waals surface area contributed by atoms with Gasteiger partial charge < -0.3 is 10.2 Å². The molecule has 0 aliphatic rings. The molecular formula is C13H9BrClNOS. The Kier molecular flexibility index (Phi) is 3.20. The van der Waals surface area contributed by atoms with E-state index in [0.717, 1.165) is 20.5 Å². The highest BCUT2D eigenvalue weighted by molar-refractivity contribution is 9.10. The zero-order chi connectivity index (χ0) is 12.7. The van der Waals surface area contributed by atoms with Crippen molar-refractivity contribution in [1.29, 1.82) is 0 Å². The molecule has 2 aromatic heterocycles. The lowest BCUT2D eigenvalue weighted by Gasteiger charge is -2.06. The fraction of sp³-hybridized carbons (Fsp3) is 0.0769. The van der Waals surface area contributed by atoms with Crippen molar-refractivity contribution in [3.8, 4) is 0 Å². The third kappa shape index (κ3) is 1.99. The van der Waals surface area contributed by atoms with E-state index in [1.165, 1.54) is 0 Å². The number of rotatable bonds is 2. The topological polar surface area (TPSA) is 39.2 Å². The van der Waals surface area contributed by atoms with Crippen LogP contribution in [0.2, 0.25) is 5.02 Å². The molecule has 0 fully saturated rings. The second kappa shape index (κ2) is 4.70. The van der Waals surface area contributed by atoms with Crippen LogP contribution in [-0.4, -0.2) is 0 Å². The van der Waals surface area contributed by atoms with Crippen LogP contribution in [0.25, 0.3) is 11.0 Å². The van der Waals surface area contributed by atoms with E-state index >= 15 is 0 Å². The van der Waals surface area contributed by atoms with Crippen molar-refractivity contribution in [1.82, 2.24) is 0 Å². The first-order valence-corrected chi connectivity index (χ1v) is 7.38. The minimum atomic E-state index is -0.275. The maximum Gasteiger partial charge on any atom is 0.152 e. The van der Waals surface area contributed by atoms with Crippen molar-refractivity contribution in [3.63, 3.8) is 0 Å². The minimum Gasteiger partial charge on any atom is -0.457 e. The molecule has 0 saturated carbocycles. The number of fused-ring (bicyclic) bond motifs is 1. The number of hydrogen-bond donors (Lipinski definition) is 1. The van der Waals surface area contributed by atoms with Crippen LogP contribution >= 0.6 is 38.9 Å². The summed E-state index contributed by atoms with van der Waals surface area (Å²) in [6.45, 7) is 0. The van der Waals surface area contributed by atoms with E-state index in [0.29, 0.717) is 10.6 Å². The van der Waals surface area contributed by atoms with Crippen molar-refractivity contribution in [2.45, 2.75) is 6.04 Å². The maximum absolute atomic E-state index is 6.22. The molecule has 0 aliphatic heterocycles. The van der Waals surface area contributed by atoms with Gasteiger partial charge in [0.25, 0.3) is 0 Å². The van der Waals surface area contributed by atoms with E-state index < -0.39 is 0 Å². The SMILES string of the molecule is NC(c1cc2cccc(Cl)c2o1)c1sccc1Br. The minimum absolute atomic E-state index is 0.275. The van der Waals surface area contributed by atoms with Crippen LogP contribution in [0.15, 0.2) is 44.6 Å². The van der Waals surface area contributed by atoms with Gasteiger partial charge in [-0.1, -0.05) is 23.7 Å². The normalized spacial score (nSPS) is 13.1. The lowest BCUT2D eigenvalue weighted by Crippen LogP contribution is -2.09. The smallest absolute Gasteiger partial charge is 0.152 e. The van der Waals surface area contributed by atoms with Crippen LogP contribution in [0.4, 0.5) is 0 Å². The molecule has 0 spiro atoms. The molecule has 1 atom stereocenters. The van der Waals surface area contributed by atoms with Crippen molar-refractivity contribution in [2.24, 2.45) is 5.73 Å². The summed E-state index contributed by atoms with van der Waals surface area (Å²) in [5, 5.41) is 3.58. The van der Waals surface area contributed by atoms with Crippen molar-refractivity contribution < 1.29 is 4.42 Å². The molecule has 1 aromatic carbocycles. The van der Waals surface area contributed by atoms with Gasteiger partial charge in [0.2, 0.25) is 0 Å². The summed E-state index contributed by atoms with van der Waals surface area (Å²) in [6, 6.07) is 9.32. The van der Waals surface area contributed by atoms with Crippen LogP contribution in [0, 0.1) is 0 Å². The largest absolute Gasteiger partial charge is 0.457 e. The van der Waals surface area contributed by atoms with Gasteiger partial charge in [-0.25, -0.2) is 0 Å². The first kappa shape index (κ1) is 12.2. The Balaban J connectivity index is 2.10. The van der Waals surface area contributed by atoms with E-state index in [4.69, 9.17) is 21.8 Å². The second-order valence-electron chi connectivity index (χ2n) is 3.92.